The summed E-state index contributed by atoms with van der Waals surface area (Å²) < 4.78 is 36.6. The molecule has 0 saturated heterocycles. The molecule has 0 amide bonds. The summed E-state index contributed by atoms with van der Waals surface area (Å²) in [7, 11) is -0.708. The van der Waals surface area contributed by atoms with Crippen molar-refractivity contribution < 1.29 is 17.9 Å². The fourth-order valence-corrected chi connectivity index (χ4v) is 2.62. The van der Waals surface area contributed by atoms with Crippen molar-refractivity contribution in [2.75, 3.05) is 20.8 Å². The van der Waals surface area contributed by atoms with Crippen LogP contribution in [0.25, 0.3) is 0 Å². The standard InChI is InChI=1S/C11H18N2O4S/c1-8(7-12)13-18(14,15)11-5-9(16-2)4-10(6-11)17-3/h4-6,8,13H,7,12H2,1-3H3/t8-/m0/s1. The summed E-state index contributed by atoms with van der Waals surface area (Å²) in [6.07, 6.45) is 0. The lowest BCUT2D eigenvalue weighted by atomic mass is 10.3. The van der Waals surface area contributed by atoms with Gasteiger partial charge in [-0.05, 0) is 6.92 Å². The monoisotopic (exact) mass is 274 g/mol. The zero-order chi connectivity index (χ0) is 13.8. The minimum atomic E-state index is -3.63. The second-order valence-corrected chi connectivity index (χ2v) is 5.52. The highest BCUT2D eigenvalue weighted by atomic mass is 32.2. The largest absolute Gasteiger partial charge is 0.497 e. The molecular weight excluding hydrogens is 256 g/mol. The lowest BCUT2D eigenvalue weighted by Crippen LogP contribution is -2.37. The zero-order valence-electron chi connectivity index (χ0n) is 10.6. The van der Waals surface area contributed by atoms with Crippen molar-refractivity contribution in [1.29, 1.82) is 0 Å². The molecule has 0 aromatic heterocycles. The highest BCUT2D eigenvalue weighted by Crippen LogP contribution is 2.25. The Balaban J connectivity index is 3.15. The van der Waals surface area contributed by atoms with Crippen molar-refractivity contribution in [3.63, 3.8) is 0 Å². The molecular formula is C11H18N2O4S. The van der Waals surface area contributed by atoms with Crippen LogP contribution in [0.2, 0.25) is 0 Å². The average Bonchev–Trinajstić information content (AvgIpc) is 2.37. The maximum atomic E-state index is 12.1. The van der Waals surface area contributed by atoms with E-state index in [-0.39, 0.29) is 17.5 Å². The van der Waals surface area contributed by atoms with Crippen LogP contribution in [0.3, 0.4) is 0 Å². The Bertz CT molecular complexity index is 480. The first kappa shape index (κ1) is 14.7. The minimum absolute atomic E-state index is 0.0824. The van der Waals surface area contributed by atoms with Gasteiger partial charge in [0.15, 0.2) is 0 Å². The van der Waals surface area contributed by atoms with Gasteiger partial charge in [-0.1, -0.05) is 0 Å². The van der Waals surface area contributed by atoms with Crippen molar-refractivity contribution in [2.24, 2.45) is 5.73 Å². The summed E-state index contributed by atoms with van der Waals surface area (Å²) in [6, 6.07) is 4.11. The molecule has 3 N–H and O–H groups in total. The summed E-state index contributed by atoms with van der Waals surface area (Å²) in [5.74, 6) is 0.824. The van der Waals surface area contributed by atoms with E-state index in [1.807, 2.05) is 0 Å². The van der Waals surface area contributed by atoms with Gasteiger partial charge >= 0.3 is 0 Å². The van der Waals surface area contributed by atoms with Gasteiger partial charge in [0.1, 0.15) is 11.5 Å². The first-order valence-corrected chi connectivity index (χ1v) is 6.86. The molecule has 0 bridgehead atoms. The maximum Gasteiger partial charge on any atom is 0.241 e. The number of nitrogens with two attached hydrogens (primary N) is 1. The lowest BCUT2D eigenvalue weighted by molar-refractivity contribution is 0.392. The quantitative estimate of drug-likeness (QED) is 0.780. The van der Waals surface area contributed by atoms with Crippen LogP contribution in [-0.2, 0) is 10.0 Å². The van der Waals surface area contributed by atoms with Gasteiger partial charge in [0.2, 0.25) is 10.0 Å². The van der Waals surface area contributed by atoms with E-state index < -0.39 is 10.0 Å². The molecule has 0 unspecified atom stereocenters. The van der Waals surface area contributed by atoms with Gasteiger partial charge in [-0.15, -0.1) is 0 Å². The molecule has 1 atom stereocenters. The molecule has 0 aliphatic rings. The van der Waals surface area contributed by atoms with Gasteiger partial charge in [0.25, 0.3) is 0 Å². The average molecular weight is 274 g/mol. The predicted octanol–water partition coefficient (Wildman–Crippen LogP) is 0.329. The Hall–Kier alpha value is -1.31. The summed E-state index contributed by atoms with van der Waals surface area (Å²) in [5.41, 5.74) is 5.39. The van der Waals surface area contributed by atoms with Crippen molar-refractivity contribution in [3.8, 4) is 11.5 Å². The normalized spacial score (nSPS) is 13.1. The summed E-state index contributed by atoms with van der Waals surface area (Å²) >= 11 is 0. The number of nitrogens with one attached hydrogen (secondary N) is 1. The van der Waals surface area contributed by atoms with Crippen LogP contribution < -0.4 is 19.9 Å². The van der Waals surface area contributed by atoms with Gasteiger partial charge in [-0.3, -0.25) is 0 Å². The highest BCUT2D eigenvalue weighted by molar-refractivity contribution is 7.89. The Morgan fingerprint density at radius 1 is 1.22 bits per heavy atom. The van der Waals surface area contributed by atoms with Crippen molar-refractivity contribution >= 4 is 10.0 Å². The number of sulfonamides is 1. The molecule has 18 heavy (non-hydrogen) atoms. The van der Waals surface area contributed by atoms with Gasteiger partial charge in [0, 0.05) is 30.8 Å². The molecule has 0 spiro atoms. The third kappa shape index (κ3) is 3.59. The molecule has 0 saturated carbocycles. The van der Waals surface area contributed by atoms with Crippen LogP contribution in [-0.4, -0.2) is 35.2 Å². The molecule has 1 aromatic rings. The van der Waals surface area contributed by atoms with E-state index in [1.54, 1.807) is 13.0 Å². The summed E-state index contributed by atoms with van der Waals surface area (Å²) in [6.45, 7) is 1.91. The van der Waals surface area contributed by atoms with Crippen molar-refractivity contribution in [3.05, 3.63) is 18.2 Å². The zero-order valence-corrected chi connectivity index (χ0v) is 11.5. The first-order chi connectivity index (χ1) is 8.42. The van der Waals surface area contributed by atoms with Crippen LogP contribution in [0.15, 0.2) is 23.1 Å². The van der Waals surface area contributed by atoms with Crippen LogP contribution in [0, 0.1) is 0 Å². The van der Waals surface area contributed by atoms with E-state index in [0.717, 1.165) is 0 Å². The Kier molecular flexibility index (Phi) is 4.94. The highest BCUT2D eigenvalue weighted by Gasteiger charge is 2.18. The van der Waals surface area contributed by atoms with E-state index in [0.29, 0.717) is 11.5 Å². The summed E-state index contributed by atoms with van der Waals surface area (Å²) in [4.78, 5) is 0.0824. The van der Waals surface area contributed by atoms with Gasteiger partial charge in [-0.25, -0.2) is 13.1 Å². The SMILES string of the molecule is COc1cc(OC)cc(S(=O)(=O)N[C@@H](C)CN)c1. The lowest BCUT2D eigenvalue weighted by Gasteiger charge is -2.13. The van der Waals surface area contributed by atoms with Crippen LogP contribution in [0.1, 0.15) is 6.92 Å². The fourth-order valence-electron chi connectivity index (χ4n) is 1.32. The number of methoxy groups -OCH3 is 2. The van der Waals surface area contributed by atoms with Crippen molar-refractivity contribution in [2.45, 2.75) is 17.9 Å². The van der Waals surface area contributed by atoms with Gasteiger partial charge < -0.3 is 15.2 Å². The molecule has 0 radical (unpaired) electrons. The Labute approximate surface area is 107 Å². The molecule has 0 aliphatic heterocycles. The smallest absolute Gasteiger partial charge is 0.241 e. The molecule has 0 heterocycles. The van der Waals surface area contributed by atoms with Gasteiger partial charge in [0.05, 0.1) is 19.1 Å². The van der Waals surface area contributed by atoms with E-state index in [1.165, 1.54) is 26.4 Å². The topological polar surface area (TPSA) is 90.6 Å². The number of rotatable bonds is 6. The number of ether oxygens (including phenoxy) is 2. The Morgan fingerprint density at radius 2 is 1.72 bits per heavy atom. The molecule has 0 fully saturated rings. The van der Waals surface area contributed by atoms with E-state index in [4.69, 9.17) is 15.2 Å². The number of benzene rings is 1. The number of hydrogen-bond acceptors (Lipinski definition) is 5. The second-order valence-electron chi connectivity index (χ2n) is 3.81. The second kappa shape index (κ2) is 6.03. The summed E-state index contributed by atoms with van der Waals surface area (Å²) in [5, 5.41) is 0. The maximum absolute atomic E-state index is 12.1. The third-order valence-electron chi connectivity index (χ3n) is 2.35. The van der Waals surface area contributed by atoms with Crippen LogP contribution in [0.5, 0.6) is 11.5 Å². The van der Waals surface area contributed by atoms with Crippen LogP contribution >= 0.6 is 0 Å². The van der Waals surface area contributed by atoms with Gasteiger partial charge in [-0.2, -0.15) is 0 Å². The molecule has 1 aromatic carbocycles. The van der Waals surface area contributed by atoms with E-state index in [2.05, 4.69) is 4.72 Å². The number of hydrogen-bond donors (Lipinski definition) is 2. The molecule has 102 valence electrons. The minimum Gasteiger partial charge on any atom is -0.497 e. The van der Waals surface area contributed by atoms with Crippen LogP contribution in [0.4, 0.5) is 0 Å². The first-order valence-electron chi connectivity index (χ1n) is 5.38. The van der Waals surface area contributed by atoms with Crippen molar-refractivity contribution in [1.82, 2.24) is 4.72 Å². The molecule has 0 aliphatic carbocycles. The molecule has 7 heteroatoms. The molecule has 1 rings (SSSR count). The molecule has 6 nitrogen and oxygen atoms in total. The Morgan fingerprint density at radius 3 is 2.11 bits per heavy atom. The third-order valence-corrected chi connectivity index (χ3v) is 3.91. The fraction of sp³-hybridized carbons (Fsp3) is 0.455. The van der Waals surface area contributed by atoms with E-state index >= 15 is 0 Å². The van der Waals surface area contributed by atoms with E-state index in [9.17, 15) is 8.42 Å². The predicted molar refractivity (Wildman–Crippen MR) is 68.4 cm³/mol.